The molecule has 0 aliphatic rings. The second-order valence-electron chi connectivity index (χ2n) is 5.48. The third-order valence-corrected chi connectivity index (χ3v) is 3.21. The van der Waals surface area contributed by atoms with Crippen LogP contribution >= 0.6 is 23.2 Å². The summed E-state index contributed by atoms with van der Waals surface area (Å²) in [7, 11) is 0. The van der Waals surface area contributed by atoms with E-state index >= 15 is 0 Å². The second-order valence-corrected chi connectivity index (χ2v) is 6.33. The minimum absolute atomic E-state index is 0.0670. The molecular weight excluding hydrogens is 281 g/mol. The van der Waals surface area contributed by atoms with Crippen molar-refractivity contribution in [2.24, 2.45) is 0 Å². The molecule has 3 nitrogen and oxygen atoms in total. The van der Waals surface area contributed by atoms with E-state index in [1.54, 1.807) is 17.1 Å². The minimum Gasteiger partial charge on any atom is -0.308 e. The maximum Gasteiger partial charge on any atom is 0.0790 e. The van der Waals surface area contributed by atoms with E-state index in [1.165, 1.54) is 0 Å². The molecule has 102 valence electrons. The highest BCUT2D eigenvalue weighted by Crippen LogP contribution is 2.21. The molecule has 2 rings (SSSR count). The lowest BCUT2D eigenvalue weighted by Gasteiger charge is -2.21. The van der Waals surface area contributed by atoms with E-state index in [2.05, 4.69) is 31.2 Å². The van der Waals surface area contributed by atoms with Crippen molar-refractivity contribution in [1.82, 2.24) is 15.1 Å². The summed E-state index contributed by atoms with van der Waals surface area (Å²) in [5.41, 5.74) is 2.03. The van der Waals surface area contributed by atoms with Crippen molar-refractivity contribution in [2.75, 3.05) is 0 Å². The first-order valence-electron chi connectivity index (χ1n) is 6.09. The maximum atomic E-state index is 6.30. The predicted molar refractivity (Wildman–Crippen MR) is 80.2 cm³/mol. The van der Waals surface area contributed by atoms with Gasteiger partial charge < -0.3 is 5.32 Å². The number of hydrogen-bond donors (Lipinski definition) is 1. The van der Waals surface area contributed by atoms with Crippen LogP contribution in [0.2, 0.25) is 10.0 Å². The Bertz CT molecular complexity index is 570. The fraction of sp³-hybridized carbons (Fsp3) is 0.357. The molecule has 1 aromatic carbocycles. The fourth-order valence-electron chi connectivity index (χ4n) is 1.62. The topological polar surface area (TPSA) is 29.9 Å². The van der Waals surface area contributed by atoms with E-state index in [9.17, 15) is 0 Å². The molecule has 0 unspecified atom stereocenters. The Morgan fingerprint density at radius 1 is 1.26 bits per heavy atom. The zero-order valence-corrected chi connectivity index (χ0v) is 12.8. The summed E-state index contributed by atoms with van der Waals surface area (Å²) in [4.78, 5) is 0. The van der Waals surface area contributed by atoms with Gasteiger partial charge in [-0.25, -0.2) is 4.68 Å². The van der Waals surface area contributed by atoms with Gasteiger partial charge in [0, 0.05) is 23.3 Å². The molecule has 19 heavy (non-hydrogen) atoms. The zero-order chi connectivity index (χ0) is 14.0. The number of hydrogen-bond acceptors (Lipinski definition) is 2. The van der Waals surface area contributed by atoms with E-state index in [4.69, 9.17) is 23.2 Å². The molecule has 0 fully saturated rings. The lowest BCUT2D eigenvalue weighted by Crippen LogP contribution is -2.35. The second kappa shape index (κ2) is 5.53. The average Bonchev–Trinajstić information content (AvgIpc) is 2.73. The Labute approximate surface area is 123 Å². The quantitative estimate of drug-likeness (QED) is 0.925. The van der Waals surface area contributed by atoms with E-state index in [1.807, 2.05) is 18.2 Å². The number of nitrogens with zero attached hydrogens (tertiary/aromatic N) is 2. The molecule has 0 amide bonds. The molecule has 1 aromatic heterocycles. The fourth-order valence-corrected chi connectivity index (χ4v) is 2.00. The summed E-state index contributed by atoms with van der Waals surface area (Å²) in [5, 5.41) is 8.90. The van der Waals surface area contributed by atoms with E-state index in [0.717, 1.165) is 22.8 Å². The number of aromatic nitrogens is 2. The summed E-state index contributed by atoms with van der Waals surface area (Å²) in [5.74, 6) is 0. The smallest absolute Gasteiger partial charge is 0.0790 e. The Hall–Kier alpha value is -1.03. The van der Waals surface area contributed by atoms with Crippen LogP contribution < -0.4 is 5.32 Å². The van der Waals surface area contributed by atoms with Crippen LogP contribution in [0.25, 0.3) is 5.69 Å². The van der Waals surface area contributed by atoms with Gasteiger partial charge in [0.1, 0.15) is 0 Å². The Morgan fingerprint density at radius 2 is 2.00 bits per heavy atom. The molecule has 1 N–H and O–H groups in total. The van der Waals surface area contributed by atoms with Crippen molar-refractivity contribution in [1.29, 1.82) is 0 Å². The normalized spacial score (nSPS) is 11.8. The summed E-state index contributed by atoms with van der Waals surface area (Å²) in [6.07, 6.45) is 3.35. The lowest BCUT2D eigenvalue weighted by atomic mass is 10.1. The van der Waals surface area contributed by atoms with Crippen molar-refractivity contribution in [2.45, 2.75) is 32.9 Å². The summed E-state index contributed by atoms with van der Waals surface area (Å²) in [6, 6.07) is 5.88. The van der Waals surface area contributed by atoms with Crippen LogP contribution in [0.15, 0.2) is 30.6 Å². The Balaban J connectivity index is 2.18. The SMILES string of the molecule is CC(C)(C)NCc1ccc(-n2cc(Cl)cn2)cc1Cl. The summed E-state index contributed by atoms with van der Waals surface area (Å²) < 4.78 is 1.70. The predicted octanol–water partition coefficient (Wildman–Crippen LogP) is 4.07. The average molecular weight is 298 g/mol. The van der Waals surface area contributed by atoms with Gasteiger partial charge in [-0.1, -0.05) is 29.3 Å². The van der Waals surface area contributed by atoms with Gasteiger partial charge in [0.2, 0.25) is 0 Å². The molecule has 1 heterocycles. The highest BCUT2D eigenvalue weighted by atomic mass is 35.5. The standard InChI is InChI=1S/C14H17Cl2N3/c1-14(2,3)17-7-10-4-5-12(6-13(10)16)19-9-11(15)8-18-19/h4-6,8-9,17H,7H2,1-3H3. The largest absolute Gasteiger partial charge is 0.308 e. The van der Waals surface area contributed by atoms with Gasteiger partial charge in [-0.05, 0) is 38.5 Å². The monoisotopic (exact) mass is 297 g/mol. The van der Waals surface area contributed by atoms with Gasteiger partial charge in [0.15, 0.2) is 0 Å². The summed E-state index contributed by atoms with van der Waals surface area (Å²) in [6.45, 7) is 7.12. The van der Waals surface area contributed by atoms with Gasteiger partial charge in [-0.2, -0.15) is 5.10 Å². The number of nitrogens with one attached hydrogen (secondary N) is 1. The van der Waals surface area contributed by atoms with Gasteiger partial charge in [-0.15, -0.1) is 0 Å². The van der Waals surface area contributed by atoms with Crippen LogP contribution in [0.5, 0.6) is 0 Å². The molecule has 0 radical (unpaired) electrons. The third kappa shape index (κ3) is 3.96. The van der Waals surface area contributed by atoms with Crippen molar-refractivity contribution in [3.8, 4) is 5.69 Å². The van der Waals surface area contributed by atoms with Crippen molar-refractivity contribution in [3.63, 3.8) is 0 Å². The first-order chi connectivity index (χ1) is 8.85. The highest BCUT2D eigenvalue weighted by molar-refractivity contribution is 6.31. The molecule has 5 heteroatoms. The first kappa shape index (κ1) is 14.4. The van der Waals surface area contributed by atoms with Gasteiger partial charge in [0.05, 0.1) is 16.9 Å². The molecule has 2 aromatic rings. The lowest BCUT2D eigenvalue weighted by molar-refractivity contribution is 0.424. The van der Waals surface area contributed by atoms with E-state index < -0.39 is 0 Å². The third-order valence-electron chi connectivity index (χ3n) is 2.66. The van der Waals surface area contributed by atoms with Gasteiger partial charge in [-0.3, -0.25) is 0 Å². The molecule has 0 bridgehead atoms. The summed E-state index contributed by atoms with van der Waals surface area (Å²) >= 11 is 12.2. The van der Waals surface area contributed by atoms with Crippen LogP contribution in [0, 0.1) is 0 Å². The van der Waals surface area contributed by atoms with Crippen LogP contribution in [0.1, 0.15) is 26.3 Å². The molecule has 0 saturated carbocycles. The molecule has 0 aliphatic carbocycles. The zero-order valence-electron chi connectivity index (χ0n) is 11.2. The van der Waals surface area contributed by atoms with Gasteiger partial charge in [0.25, 0.3) is 0 Å². The molecule has 0 atom stereocenters. The maximum absolute atomic E-state index is 6.30. The first-order valence-corrected chi connectivity index (χ1v) is 6.85. The van der Waals surface area contributed by atoms with Gasteiger partial charge >= 0.3 is 0 Å². The Morgan fingerprint density at radius 3 is 2.53 bits per heavy atom. The van der Waals surface area contributed by atoms with Crippen LogP contribution in [0.3, 0.4) is 0 Å². The van der Waals surface area contributed by atoms with Crippen molar-refractivity contribution < 1.29 is 0 Å². The molecular formula is C14H17Cl2N3. The van der Waals surface area contributed by atoms with Crippen LogP contribution in [0.4, 0.5) is 0 Å². The van der Waals surface area contributed by atoms with Crippen LogP contribution in [-0.4, -0.2) is 15.3 Å². The van der Waals surface area contributed by atoms with E-state index in [-0.39, 0.29) is 5.54 Å². The number of halogens is 2. The number of rotatable bonds is 3. The molecule has 0 saturated heterocycles. The number of benzene rings is 1. The van der Waals surface area contributed by atoms with Crippen molar-refractivity contribution >= 4 is 23.2 Å². The molecule has 0 aliphatic heterocycles. The molecule has 0 spiro atoms. The van der Waals surface area contributed by atoms with Crippen molar-refractivity contribution in [3.05, 3.63) is 46.2 Å². The van der Waals surface area contributed by atoms with Crippen LogP contribution in [-0.2, 0) is 6.54 Å². The Kier molecular flexibility index (Phi) is 4.19. The van der Waals surface area contributed by atoms with E-state index in [0.29, 0.717) is 5.02 Å². The highest BCUT2D eigenvalue weighted by Gasteiger charge is 2.10. The minimum atomic E-state index is 0.0670.